The highest BCUT2D eigenvalue weighted by Crippen LogP contribution is 2.40. The number of ether oxygens (including phenoxy) is 3. The number of hydrogen-bond donors (Lipinski definition) is 0. The molecule has 160 valence electrons. The molecule has 2 aromatic carbocycles. The Morgan fingerprint density at radius 1 is 1.07 bits per heavy atom. The van der Waals surface area contributed by atoms with E-state index in [1.165, 1.54) is 0 Å². The second-order valence-corrected chi connectivity index (χ2v) is 7.72. The quantitative estimate of drug-likeness (QED) is 0.626. The number of amides is 1. The van der Waals surface area contributed by atoms with Crippen LogP contribution in [0.4, 0.5) is 0 Å². The summed E-state index contributed by atoms with van der Waals surface area (Å²) in [7, 11) is 4.88. The lowest BCUT2D eigenvalue weighted by Gasteiger charge is -2.28. The number of carbonyl (C=O) groups is 1. The topological polar surface area (TPSA) is 48.0 Å². The third kappa shape index (κ3) is 4.90. The molecule has 0 bridgehead atoms. The van der Waals surface area contributed by atoms with Gasteiger partial charge in [-0.3, -0.25) is 4.79 Å². The lowest BCUT2D eigenvalue weighted by Crippen LogP contribution is -2.34. The van der Waals surface area contributed by atoms with E-state index in [2.05, 4.69) is 6.08 Å². The number of halogens is 1. The van der Waals surface area contributed by atoms with Crippen molar-refractivity contribution < 1.29 is 19.0 Å². The zero-order chi connectivity index (χ0) is 21.7. The molecule has 5 nitrogen and oxygen atoms in total. The zero-order valence-electron chi connectivity index (χ0n) is 18.0. The highest BCUT2D eigenvalue weighted by atomic mass is 35.5. The van der Waals surface area contributed by atoms with Crippen LogP contribution in [0.1, 0.15) is 29.5 Å². The molecule has 0 saturated carbocycles. The predicted octanol–water partition coefficient (Wildman–Crippen LogP) is 4.92. The van der Waals surface area contributed by atoms with Crippen LogP contribution in [0.5, 0.6) is 17.2 Å². The summed E-state index contributed by atoms with van der Waals surface area (Å²) in [6.45, 7) is 3.21. The molecule has 1 amide bonds. The van der Waals surface area contributed by atoms with E-state index in [0.29, 0.717) is 43.2 Å². The largest absolute Gasteiger partial charge is 0.496 e. The summed E-state index contributed by atoms with van der Waals surface area (Å²) in [6.07, 6.45) is 3.97. The highest BCUT2D eigenvalue weighted by Gasteiger charge is 2.23. The van der Waals surface area contributed by atoms with Gasteiger partial charge >= 0.3 is 0 Å². The molecule has 0 spiro atoms. The monoisotopic (exact) mass is 429 g/mol. The smallest absolute Gasteiger partial charge is 0.223 e. The molecule has 0 N–H and O–H groups in total. The van der Waals surface area contributed by atoms with Crippen LogP contribution in [-0.4, -0.2) is 45.2 Å². The van der Waals surface area contributed by atoms with Crippen LogP contribution in [0.25, 0.3) is 5.57 Å². The lowest BCUT2D eigenvalue weighted by molar-refractivity contribution is -0.130. The Labute approximate surface area is 183 Å². The van der Waals surface area contributed by atoms with E-state index in [9.17, 15) is 4.79 Å². The molecule has 0 radical (unpaired) electrons. The van der Waals surface area contributed by atoms with Gasteiger partial charge in [-0.05, 0) is 42.5 Å². The molecule has 0 fully saturated rings. The number of aryl methyl sites for hydroxylation is 2. The Balaban J connectivity index is 1.69. The molecule has 1 aliphatic rings. The molecule has 3 rings (SSSR count). The first-order valence-electron chi connectivity index (χ1n) is 9.99. The Kier molecular flexibility index (Phi) is 7.27. The molecule has 0 saturated heterocycles. The second-order valence-electron chi connectivity index (χ2n) is 7.31. The minimum Gasteiger partial charge on any atom is -0.496 e. The van der Waals surface area contributed by atoms with Crippen LogP contribution in [0.3, 0.4) is 0 Å². The fraction of sp³-hybridized carbons (Fsp3) is 0.375. The van der Waals surface area contributed by atoms with Crippen molar-refractivity contribution in [2.24, 2.45) is 0 Å². The van der Waals surface area contributed by atoms with Crippen LogP contribution in [-0.2, 0) is 11.2 Å². The van der Waals surface area contributed by atoms with Gasteiger partial charge < -0.3 is 19.1 Å². The maximum absolute atomic E-state index is 12.7. The van der Waals surface area contributed by atoms with Crippen LogP contribution >= 0.6 is 11.6 Å². The van der Waals surface area contributed by atoms with Crippen LogP contribution in [0, 0.1) is 6.92 Å². The molecular weight excluding hydrogens is 402 g/mol. The van der Waals surface area contributed by atoms with Gasteiger partial charge in [-0.15, -0.1) is 0 Å². The predicted molar refractivity (Wildman–Crippen MR) is 120 cm³/mol. The summed E-state index contributed by atoms with van der Waals surface area (Å²) in [5.74, 6) is 2.23. The average molecular weight is 430 g/mol. The first kappa shape index (κ1) is 22.0. The fourth-order valence-electron chi connectivity index (χ4n) is 3.65. The summed E-state index contributed by atoms with van der Waals surface area (Å²) >= 11 is 6.19. The normalized spacial score (nSPS) is 13.6. The third-order valence-electron chi connectivity index (χ3n) is 5.46. The van der Waals surface area contributed by atoms with Crippen molar-refractivity contribution in [1.82, 2.24) is 4.90 Å². The molecule has 0 unspecified atom stereocenters. The van der Waals surface area contributed by atoms with Crippen LogP contribution < -0.4 is 14.2 Å². The summed E-state index contributed by atoms with van der Waals surface area (Å²) in [5, 5.41) is 0.743. The summed E-state index contributed by atoms with van der Waals surface area (Å²) in [4.78, 5) is 14.6. The van der Waals surface area contributed by atoms with E-state index in [0.717, 1.165) is 33.7 Å². The fourth-order valence-corrected chi connectivity index (χ4v) is 3.85. The minimum absolute atomic E-state index is 0.149. The molecule has 0 aromatic heterocycles. The van der Waals surface area contributed by atoms with Crippen molar-refractivity contribution in [1.29, 1.82) is 0 Å². The van der Waals surface area contributed by atoms with Crippen LogP contribution in [0.15, 0.2) is 36.4 Å². The van der Waals surface area contributed by atoms with Gasteiger partial charge in [0.25, 0.3) is 0 Å². The molecule has 1 aliphatic heterocycles. The second kappa shape index (κ2) is 9.90. The average Bonchev–Trinajstić information content (AvgIpc) is 2.78. The number of carbonyl (C=O) groups excluding carboxylic acids is 1. The van der Waals surface area contributed by atoms with E-state index in [4.69, 9.17) is 25.8 Å². The minimum atomic E-state index is 0.149. The molecule has 0 atom stereocenters. The SMILES string of the molecule is COc1cc(OC)c(C2=CCN(C(=O)CCc3ccc(C)c(Cl)c3)CC2)c(OC)c1. The van der Waals surface area contributed by atoms with Crippen molar-refractivity contribution >= 4 is 23.1 Å². The van der Waals surface area contributed by atoms with Gasteiger partial charge in [0.2, 0.25) is 5.91 Å². The highest BCUT2D eigenvalue weighted by molar-refractivity contribution is 6.31. The van der Waals surface area contributed by atoms with E-state index < -0.39 is 0 Å². The van der Waals surface area contributed by atoms with E-state index in [1.54, 1.807) is 21.3 Å². The van der Waals surface area contributed by atoms with Gasteiger partial charge in [0.15, 0.2) is 0 Å². The standard InChI is InChI=1S/C24H28ClNO4/c1-16-5-6-17(13-20(16)25)7-8-23(27)26-11-9-18(10-12-26)24-21(29-3)14-19(28-2)15-22(24)30-4/h5-6,9,13-15H,7-8,10-12H2,1-4H3. The Morgan fingerprint density at radius 2 is 1.77 bits per heavy atom. The van der Waals surface area contributed by atoms with Gasteiger partial charge in [0, 0.05) is 36.7 Å². The molecule has 1 heterocycles. The first-order valence-corrected chi connectivity index (χ1v) is 10.4. The van der Waals surface area contributed by atoms with Crippen LogP contribution in [0.2, 0.25) is 5.02 Å². The van der Waals surface area contributed by atoms with Gasteiger partial charge in [0.05, 0.1) is 26.9 Å². The van der Waals surface area contributed by atoms with Gasteiger partial charge in [-0.25, -0.2) is 0 Å². The summed E-state index contributed by atoms with van der Waals surface area (Å²) < 4.78 is 16.5. The van der Waals surface area contributed by atoms with Crippen molar-refractivity contribution in [2.75, 3.05) is 34.4 Å². The van der Waals surface area contributed by atoms with Gasteiger partial charge in [-0.1, -0.05) is 29.8 Å². The number of rotatable bonds is 7. The summed E-state index contributed by atoms with van der Waals surface area (Å²) in [6, 6.07) is 9.67. The van der Waals surface area contributed by atoms with E-state index in [-0.39, 0.29) is 5.91 Å². The van der Waals surface area contributed by atoms with E-state index in [1.807, 2.05) is 42.2 Å². The Hall–Kier alpha value is -2.66. The Morgan fingerprint density at radius 3 is 2.30 bits per heavy atom. The molecule has 30 heavy (non-hydrogen) atoms. The lowest BCUT2D eigenvalue weighted by atomic mass is 9.96. The maximum Gasteiger partial charge on any atom is 0.223 e. The number of nitrogens with zero attached hydrogens (tertiary/aromatic N) is 1. The first-order chi connectivity index (χ1) is 14.5. The van der Waals surface area contributed by atoms with Crippen molar-refractivity contribution in [3.63, 3.8) is 0 Å². The van der Waals surface area contributed by atoms with E-state index >= 15 is 0 Å². The van der Waals surface area contributed by atoms with Crippen molar-refractivity contribution in [2.45, 2.75) is 26.2 Å². The van der Waals surface area contributed by atoms with Gasteiger partial charge in [0.1, 0.15) is 17.2 Å². The molecule has 2 aromatic rings. The van der Waals surface area contributed by atoms with Gasteiger partial charge in [-0.2, -0.15) is 0 Å². The molecular formula is C24H28ClNO4. The third-order valence-corrected chi connectivity index (χ3v) is 5.87. The Bertz CT molecular complexity index is 929. The number of hydrogen-bond acceptors (Lipinski definition) is 4. The number of benzene rings is 2. The number of methoxy groups -OCH3 is 3. The van der Waals surface area contributed by atoms with Crippen molar-refractivity contribution in [3.05, 3.63) is 58.1 Å². The maximum atomic E-state index is 12.7. The summed E-state index contributed by atoms with van der Waals surface area (Å²) in [5.41, 5.74) is 4.16. The molecule has 0 aliphatic carbocycles. The van der Waals surface area contributed by atoms with Crippen molar-refractivity contribution in [3.8, 4) is 17.2 Å². The molecule has 6 heteroatoms. The zero-order valence-corrected chi connectivity index (χ0v) is 18.7.